The number of aromatic nitrogens is 2. The van der Waals surface area contributed by atoms with Gasteiger partial charge in [0.25, 0.3) is 5.56 Å². The van der Waals surface area contributed by atoms with Crippen LogP contribution < -0.4 is 20.3 Å². The molecule has 0 aliphatic rings. The second-order valence-corrected chi connectivity index (χ2v) is 8.47. The summed E-state index contributed by atoms with van der Waals surface area (Å²) in [6.07, 6.45) is 1.68. The molecule has 35 heavy (non-hydrogen) atoms. The molecule has 0 amide bonds. The van der Waals surface area contributed by atoms with Crippen LogP contribution in [0.25, 0.3) is 10.9 Å². The zero-order chi connectivity index (χ0) is 24.6. The van der Waals surface area contributed by atoms with E-state index >= 15 is 0 Å². The lowest BCUT2D eigenvalue weighted by molar-refractivity contribution is 0.135. The van der Waals surface area contributed by atoms with Crippen molar-refractivity contribution in [1.29, 1.82) is 0 Å². The summed E-state index contributed by atoms with van der Waals surface area (Å²) < 4.78 is 12.9. The summed E-state index contributed by atoms with van der Waals surface area (Å²) in [6.45, 7) is 3.57. The minimum atomic E-state index is -0.664. The molecule has 182 valence electrons. The number of aliphatic hydroxyl groups excluding tert-OH is 1. The van der Waals surface area contributed by atoms with Crippen LogP contribution in [-0.2, 0) is 13.2 Å². The number of para-hydroxylation sites is 2. The third kappa shape index (κ3) is 6.07. The SMILES string of the molecule is COc1ccccc1COc1ccc(C(O)C(C)NCCCn2cnc3ccccc3c2=O)cc1. The lowest BCUT2D eigenvalue weighted by Gasteiger charge is -2.21. The van der Waals surface area contributed by atoms with Crippen molar-refractivity contribution in [1.82, 2.24) is 14.9 Å². The Hall–Kier alpha value is -3.68. The molecular formula is C28H31N3O4. The minimum absolute atomic E-state index is 0.0308. The van der Waals surface area contributed by atoms with Gasteiger partial charge in [-0.2, -0.15) is 0 Å². The van der Waals surface area contributed by atoms with E-state index in [-0.39, 0.29) is 11.6 Å². The number of hydrogen-bond acceptors (Lipinski definition) is 6. The first kappa shape index (κ1) is 24.4. The van der Waals surface area contributed by atoms with E-state index in [0.29, 0.717) is 30.6 Å². The first-order valence-electron chi connectivity index (χ1n) is 11.8. The van der Waals surface area contributed by atoms with Gasteiger partial charge in [-0.3, -0.25) is 9.36 Å². The fourth-order valence-electron chi connectivity index (χ4n) is 3.99. The van der Waals surface area contributed by atoms with Crippen molar-refractivity contribution >= 4 is 10.9 Å². The Morgan fingerprint density at radius 1 is 1.03 bits per heavy atom. The van der Waals surface area contributed by atoms with Gasteiger partial charge in [0, 0.05) is 18.2 Å². The van der Waals surface area contributed by atoms with Crippen LogP contribution in [0.15, 0.2) is 83.9 Å². The van der Waals surface area contributed by atoms with Gasteiger partial charge in [0.2, 0.25) is 0 Å². The van der Waals surface area contributed by atoms with Crippen molar-refractivity contribution in [2.45, 2.75) is 38.6 Å². The number of aliphatic hydroxyl groups is 1. The average molecular weight is 474 g/mol. The summed E-state index contributed by atoms with van der Waals surface area (Å²) >= 11 is 0. The van der Waals surface area contributed by atoms with Gasteiger partial charge in [0.1, 0.15) is 18.1 Å². The molecule has 0 bridgehead atoms. The van der Waals surface area contributed by atoms with Crippen molar-refractivity contribution < 1.29 is 14.6 Å². The van der Waals surface area contributed by atoms with Crippen molar-refractivity contribution in [2.24, 2.45) is 0 Å². The predicted molar refractivity (Wildman–Crippen MR) is 137 cm³/mol. The molecule has 0 saturated heterocycles. The second kappa shape index (κ2) is 11.6. The molecule has 0 aliphatic carbocycles. The molecule has 7 heteroatoms. The van der Waals surface area contributed by atoms with E-state index in [4.69, 9.17) is 9.47 Å². The number of rotatable bonds is 11. The minimum Gasteiger partial charge on any atom is -0.496 e. The van der Waals surface area contributed by atoms with Crippen LogP contribution in [0.4, 0.5) is 0 Å². The standard InChI is InChI=1S/C28H31N3O4/c1-20(29-16-7-17-31-19-30-25-10-5-4-9-24(25)28(31)33)27(32)21-12-14-23(15-13-21)35-18-22-8-3-6-11-26(22)34-2/h3-6,8-15,19-20,27,29,32H,7,16-18H2,1-2H3. The third-order valence-electron chi connectivity index (χ3n) is 6.06. The Labute approximate surface area is 205 Å². The quantitative estimate of drug-likeness (QED) is 0.319. The molecule has 0 radical (unpaired) electrons. The molecule has 4 rings (SSSR count). The monoisotopic (exact) mass is 473 g/mol. The number of fused-ring (bicyclic) bond motifs is 1. The Morgan fingerprint density at radius 2 is 1.77 bits per heavy atom. The van der Waals surface area contributed by atoms with E-state index in [1.54, 1.807) is 24.1 Å². The number of methoxy groups -OCH3 is 1. The molecule has 0 spiro atoms. The Kier molecular flexibility index (Phi) is 8.13. The molecule has 0 fully saturated rings. The molecule has 0 saturated carbocycles. The summed E-state index contributed by atoms with van der Waals surface area (Å²) in [6, 6.07) is 22.4. The van der Waals surface area contributed by atoms with Gasteiger partial charge < -0.3 is 19.9 Å². The van der Waals surface area contributed by atoms with Gasteiger partial charge in [-0.25, -0.2) is 4.98 Å². The topological polar surface area (TPSA) is 85.6 Å². The lowest BCUT2D eigenvalue weighted by atomic mass is 10.0. The largest absolute Gasteiger partial charge is 0.496 e. The average Bonchev–Trinajstić information content (AvgIpc) is 2.91. The molecule has 1 aromatic heterocycles. The molecule has 1 heterocycles. The first-order valence-corrected chi connectivity index (χ1v) is 11.8. The van der Waals surface area contributed by atoms with Crippen molar-refractivity contribution in [3.63, 3.8) is 0 Å². The number of nitrogens with zero attached hydrogens (tertiary/aromatic N) is 2. The zero-order valence-electron chi connectivity index (χ0n) is 20.1. The zero-order valence-corrected chi connectivity index (χ0v) is 20.1. The molecule has 4 aromatic rings. The van der Waals surface area contributed by atoms with E-state index < -0.39 is 6.10 Å². The normalized spacial score (nSPS) is 12.9. The molecule has 2 N–H and O–H groups in total. The maximum Gasteiger partial charge on any atom is 0.261 e. The molecule has 2 unspecified atom stereocenters. The van der Waals surface area contributed by atoms with Crippen LogP contribution in [0.1, 0.15) is 30.6 Å². The van der Waals surface area contributed by atoms with Crippen LogP contribution in [0, 0.1) is 0 Å². The second-order valence-electron chi connectivity index (χ2n) is 8.47. The summed E-state index contributed by atoms with van der Waals surface area (Å²) in [7, 11) is 1.64. The fourth-order valence-corrected chi connectivity index (χ4v) is 3.99. The summed E-state index contributed by atoms with van der Waals surface area (Å²) in [5.41, 5.74) is 2.46. The number of benzene rings is 3. The van der Waals surface area contributed by atoms with Crippen LogP contribution >= 0.6 is 0 Å². The lowest BCUT2D eigenvalue weighted by Crippen LogP contribution is -2.33. The van der Waals surface area contributed by atoms with Crippen LogP contribution in [0.2, 0.25) is 0 Å². The maximum absolute atomic E-state index is 12.6. The van der Waals surface area contributed by atoms with Crippen LogP contribution in [0.3, 0.4) is 0 Å². The molecule has 7 nitrogen and oxygen atoms in total. The van der Waals surface area contributed by atoms with Crippen molar-refractivity contribution in [3.8, 4) is 11.5 Å². The van der Waals surface area contributed by atoms with E-state index in [1.165, 1.54) is 0 Å². The molecule has 2 atom stereocenters. The maximum atomic E-state index is 12.6. The highest BCUT2D eigenvalue weighted by Crippen LogP contribution is 2.23. The van der Waals surface area contributed by atoms with Gasteiger partial charge in [-0.15, -0.1) is 0 Å². The van der Waals surface area contributed by atoms with E-state index in [2.05, 4.69) is 10.3 Å². The van der Waals surface area contributed by atoms with Gasteiger partial charge in [0.05, 0.1) is 30.4 Å². The highest BCUT2D eigenvalue weighted by Gasteiger charge is 2.16. The van der Waals surface area contributed by atoms with E-state index in [1.807, 2.05) is 73.7 Å². The van der Waals surface area contributed by atoms with Gasteiger partial charge in [-0.1, -0.05) is 42.5 Å². The van der Waals surface area contributed by atoms with E-state index in [9.17, 15) is 9.90 Å². The number of nitrogens with one attached hydrogen (secondary N) is 1. The fraction of sp³-hybridized carbons (Fsp3) is 0.286. The summed E-state index contributed by atoms with van der Waals surface area (Å²) in [5, 5.41) is 14.7. The first-order chi connectivity index (χ1) is 17.1. The Bertz CT molecular complexity index is 1300. The number of hydrogen-bond donors (Lipinski definition) is 2. The van der Waals surface area contributed by atoms with Gasteiger partial charge >= 0.3 is 0 Å². The van der Waals surface area contributed by atoms with Crippen molar-refractivity contribution in [3.05, 3.63) is 101 Å². The Balaban J connectivity index is 1.25. The summed E-state index contributed by atoms with van der Waals surface area (Å²) in [5.74, 6) is 1.52. The van der Waals surface area contributed by atoms with Crippen molar-refractivity contribution in [2.75, 3.05) is 13.7 Å². The molecule has 0 aliphatic heterocycles. The highest BCUT2D eigenvalue weighted by molar-refractivity contribution is 5.76. The number of ether oxygens (including phenoxy) is 2. The third-order valence-corrected chi connectivity index (χ3v) is 6.06. The van der Waals surface area contributed by atoms with Crippen LogP contribution in [0.5, 0.6) is 11.5 Å². The molecule has 3 aromatic carbocycles. The molecular weight excluding hydrogens is 442 g/mol. The Morgan fingerprint density at radius 3 is 2.57 bits per heavy atom. The smallest absolute Gasteiger partial charge is 0.261 e. The van der Waals surface area contributed by atoms with Crippen LogP contribution in [-0.4, -0.2) is 34.4 Å². The summed E-state index contributed by atoms with van der Waals surface area (Å²) in [4.78, 5) is 16.9. The predicted octanol–water partition coefficient (Wildman–Crippen LogP) is 4.09. The van der Waals surface area contributed by atoms with Gasteiger partial charge in [-0.05, 0) is 55.8 Å². The van der Waals surface area contributed by atoms with E-state index in [0.717, 1.165) is 29.0 Å². The van der Waals surface area contributed by atoms with Gasteiger partial charge in [0.15, 0.2) is 0 Å². The highest BCUT2D eigenvalue weighted by atomic mass is 16.5. The number of aryl methyl sites for hydroxylation is 1.